The molecule has 2 rings (SSSR count). The fourth-order valence-electron chi connectivity index (χ4n) is 1.54. The second kappa shape index (κ2) is 5.19. The van der Waals surface area contributed by atoms with E-state index in [4.69, 9.17) is 10.00 Å². The van der Waals surface area contributed by atoms with Crippen LogP contribution in [0.1, 0.15) is 11.1 Å². The summed E-state index contributed by atoms with van der Waals surface area (Å²) < 4.78 is 5.59. The number of nitrogens with zero attached hydrogens (tertiary/aromatic N) is 2. The summed E-state index contributed by atoms with van der Waals surface area (Å²) in [5.74, 6) is 0.960. The molecular weight excluding hydrogens is 244 g/mol. The lowest BCUT2D eigenvalue weighted by Crippen LogP contribution is -1.92. The van der Waals surface area contributed by atoms with Crippen molar-refractivity contribution >= 4 is 5.69 Å². The number of nitro groups is 1. The smallest absolute Gasteiger partial charge is 0.273 e. The second-order valence-electron chi connectivity index (χ2n) is 3.95. The molecule has 2 aromatic carbocycles. The molecule has 0 saturated heterocycles. The van der Waals surface area contributed by atoms with Gasteiger partial charge in [0.1, 0.15) is 11.5 Å². The molecule has 0 heterocycles. The minimum absolute atomic E-state index is 0.0192. The Hall–Kier alpha value is -2.87. The summed E-state index contributed by atoms with van der Waals surface area (Å²) in [5.41, 5.74) is 1.31. The molecule has 0 bridgehead atoms. The lowest BCUT2D eigenvalue weighted by molar-refractivity contribution is -0.384. The van der Waals surface area contributed by atoms with E-state index in [2.05, 4.69) is 0 Å². The van der Waals surface area contributed by atoms with Crippen LogP contribution in [0.15, 0.2) is 42.5 Å². The zero-order valence-electron chi connectivity index (χ0n) is 10.2. The van der Waals surface area contributed by atoms with Crippen molar-refractivity contribution in [3.63, 3.8) is 0 Å². The van der Waals surface area contributed by atoms with E-state index >= 15 is 0 Å². The molecule has 0 aromatic heterocycles. The third kappa shape index (κ3) is 2.87. The lowest BCUT2D eigenvalue weighted by atomic mass is 10.2. The summed E-state index contributed by atoms with van der Waals surface area (Å²) in [7, 11) is 0. The topological polar surface area (TPSA) is 76.2 Å². The summed E-state index contributed by atoms with van der Waals surface area (Å²) in [6.07, 6.45) is 0. The van der Waals surface area contributed by atoms with Crippen LogP contribution in [0, 0.1) is 28.4 Å². The predicted molar refractivity (Wildman–Crippen MR) is 69.1 cm³/mol. The highest BCUT2D eigenvalue weighted by Gasteiger charge is 2.10. The van der Waals surface area contributed by atoms with Crippen molar-refractivity contribution in [1.82, 2.24) is 0 Å². The van der Waals surface area contributed by atoms with Gasteiger partial charge >= 0.3 is 0 Å². The van der Waals surface area contributed by atoms with Crippen molar-refractivity contribution < 1.29 is 9.66 Å². The summed E-state index contributed by atoms with van der Waals surface area (Å²) >= 11 is 0. The lowest BCUT2D eigenvalue weighted by Gasteiger charge is -2.08. The molecule has 19 heavy (non-hydrogen) atoms. The van der Waals surface area contributed by atoms with Crippen LogP contribution in [0.25, 0.3) is 0 Å². The van der Waals surface area contributed by atoms with E-state index in [1.165, 1.54) is 12.1 Å². The van der Waals surface area contributed by atoms with Gasteiger partial charge in [0, 0.05) is 6.07 Å². The monoisotopic (exact) mass is 254 g/mol. The first-order valence-electron chi connectivity index (χ1n) is 5.53. The van der Waals surface area contributed by atoms with Crippen molar-refractivity contribution in [2.45, 2.75) is 6.92 Å². The maximum atomic E-state index is 10.7. The van der Waals surface area contributed by atoms with Crippen LogP contribution < -0.4 is 4.74 Å². The standard InChI is InChI=1S/C14H10N2O3/c1-10-2-5-12(16(17)18)8-14(10)19-13-6-3-11(9-15)4-7-13/h2-8H,1H3. The fourth-order valence-corrected chi connectivity index (χ4v) is 1.54. The number of rotatable bonds is 3. The van der Waals surface area contributed by atoms with E-state index in [0.29, 0.717) is 17.1 Å². The van der Waals surface area contributed by atoms with E-state index in [-0.39, 0.29) is 5.69 Å². The largest absolute Gasteiger partial charge is 0.457 e. The summed E-state index contributed by atoms with van der Waals surface area (Å²) in [5, 5.41) is 19.4. The molecule has 0 saturated carbocycles. The molecule has 0 unspecified atom stereocenters. The van der Waals surface area contributed by atoms with Gasteiger partial charge in [0.15, 0.2) is 0 Å². The predicted octanol–water partition coefficient (Wildman–Crippen LogP) is 3.57. The first-order chi connectivity index (χ1) is 9.10. The molecule has 0 amide bonds. The van der Waals surface area contributed by atoms with E-state index in [9.17, 15) is 10.1 Å². The van der Waals surface area contributed by atoms with Gasteiger partial charge in [-0.15, -0.1) is 0 Å². The number of hydrogen-bond donors (Lipinski definition) is 0. The van der Waals surface area contributed by atoms with Crippen LogP contribution in [0.2, 0.25) is 0 Å². The van der Waals surface area contributed by atoms with Crippen LogP contribution in [-0.4, -0.2) is 4.92 Å². The molecule has 0 N–H and O–H groups in total. The first kappa shape index (κ1) is 12.6. The Morgan fingerprint density at radius 2 is 1.89 bits per heavy atom. The van der Waals surface area contributed by atoms with Crippen molar-refractivity contribution in [3.05, 3.63) is 63.7 Å². The van der Waals surface area contributed by atoms with Crippen molar-refractivity contribution in [3.8, 4) is 17.6 Å². The number of hydrogen-bond acceptors (Lipinski definition) is 4. The Balaban J connectivity index is 2.29. The number of ether oxygens (including phenoxy) is 1. The summed E-state index contributed by atoms with van der Waals surface area (Å²) in [4.78, 5) is 10.2. The molecule has 0 radical (unpaired) electrons. The minimum Gasteiger partial charge on any atom is -0.457 e. The number of nitriles is 1. The van der Waals surface area contributed by atoms with Crippen LogP contribution in [0.5, 0.6) is 11.5 Å². The maximum Gasteiger partial charge on any atom is 0.273 e. The molecule has 0 aliphatic carbocycles. The molecular formula is C14H10N2O3. The molecule has 2 aromatic rings. The van der Waals surface area contributed by atoms with E-state index < -0.39 is 4.92 Å². The molecule has 0 fully saturated rings. The highest BCUT2D eigenvalue weighted by atomic mass is 16.6. The third-order valence-corrected chi connectivity index (χ3v) is 2.59. The van der Waals surface area contributed by atoms with Crippen LogP contribution >= 0.6 is 0 Å². The number of non-ortho nitro benzene ring substituents is 1. The Morgan fingerprint density at radius 1 is 1.21 bits per heavy atom. The quantitative estimate of drug-likeness (QED) is 0.619. The minimum atomic E-state index is -0.467. The maximum absolute atomic E-state index is 10.7. The highest BCUT2D eigenvalue weighted by Crippen LogP contribution is 2.28. The molecule has 5 nitrogen and oxygen atoms in total. The Morgan fingerprint density at radius 3 is 2.47 bits per heavy atom. The van der Waals surface area contributed by atoms with E-state index in [1.807, 2.05) is 13.0 Å². The molecule has 0 spiro atoms. The van der Waals surface area contributed by atoms with Gasteiger partial charge in [-0.2, -0.15) is 5.26 Å². The SMILES string of the molecule is Cc1ccc([N+](=O)[O-])cc1Oc1ccc(C#N)cc1. The van der Waals surface area contributed by atoms with Gasteiger partial charge in [0.25, 0.3) is 5.69 Å². The molecule has 0 aliphatic rings. The molecule has 0 atom stereocenters. The van der Waals surface area contributed by atoms with Gasteiger partial charge in [0.05, 0.1) is 22.6 Å². The first-order valence-corrected chi connectivity index (χ1v) is 5.53. The Bertz CT molecular complexity index is 657. The van der Waals surface area contributed by atoms with Gasteiger partial charge < -0.3 is 4.74 Å². The van der Waals surface area contributed by atoms with E-state index in [0.717, 1.165) is 5.56 Å². The molecule has 0 aliphatic heterocycles. The van der Waals surface area contributed by atoms with Crippen molar-refractivity contribution in [2.24, 2.45) is 0 Å². The summed E-state index contributed by atoms with van der Waals surface area (Å²) in [6, 6.07) is 13.0. The number of aryl methyl sites for hydroxylation is 1. The van der Waals surface area contributed by atoms with Gasteiger partial charge in [-0.3, -0.25) is 10.1 Å². The third-order valence-electron chi connectivity index (χ3n) is 2.59. The van der Waals surface area contributed by atoms with Gasteiger partial charge in [-0.05, 0) is 42.8 Å². The van der Waals surface area contributed by atoms with Gasteiger partial charge in [-0.25, -0.2) is 0 Å². The average Bonchev–Trinajstić information content (AvgIpc) is 2.42. The van der Waals surface area contributed by atoms with E-state index in [1.54, 1.807) is 30.3 Å². The highest BCUT2D eigenvalue weighted by molar-refractivity contribution is 5.46. The van der Waals surface area contributed by atoms with Crippen LogP contribution in [0.3, 0.4) is 0 Å². The van der Waals surface area contributed by atoms with Crippen LogP contribution in [-0.2, 0) is 0 Å². The molecule has 94 valence electrons. The Kier molecular flexibility index (Phi) is 3.44. The number of benzene rings is 2. The average molecular weight is 254 g/mol. The second-order valence-corrected chi connectivity index (χ2v) is 3.95. The van der Waals surface area contributed by atoms with Gasteiger partial charge in [-0.1, -0.05) is 0 Å². The normalized spacial score (nSPS) is 9.68. The van der Waals surface area contributed by atoms with Crippen molar-refractivity contribution in [1.29, 1.82) is 5.26 Å². The Labute approximate surface area is 109 Å². The zero-order chi connectivity index (χ0) is 13.8. The number of nitro benzene ring substituents is 1. The summed E-state index contributed by atoms with van der Waals surface area (Å²) in [6.45, 7) is 1.81. The van der Waals surface area contributed by atoms with Crippen LogP contribution in [0.4, 0.5) is 5.69 Å². The van der Waals surface area contributed by atoms with Gasteiger partial charge in [0.2, 0.25) is 0 Å². The fraction of sp³-hybridized carbons (Fsp3) is 0.0714. The van der Waals surface area contributed by atoms with Crippen molar-refractivity contribution in [2.75, 3.05) is 0 Å². The molecule has 5 heteroatoms. The zero-order valence-corrected chi connectivity index (χ0v) is 10.2.